The third-order valence-electron chi connectivity index (χ3n) is 5.98. The second-order valence-corrected chi connectivity index (χ2v) is 7.96. The molecule has 2 aliphatic heterocycles. The number of aromatic nitrogens is 1. The standard InChI is InChI=1S/C22H26N4O4/c1-3-11-25-20(28)22(26(21(25)29)15-17-7-5-4-6-8-17)9-12-24(13-10-22)19(27)18-14-16(2)30-23-18/h4-8,14H,3,9-13,15H2,1-2H3. The van der Waals surface area contributed by atoms with Crippen molar-refractivity contribution in [3.63, 3.8) is 0 Å². The highest BCUT2D eigenvalue weighted by molar-refractivity contribution is 6.07. The highest BCUT2D eigenvalue weighted by Crippen LogP contribution is 2.38. The first-order chi connectivity index (χ1) is 14.5. The summed E-state index contributed by atoms with van der Waals surface area (Å²) in [5.41, 5.74) is 0.345. The van der Waals surface area contributed by atoms with E-state index in [4.69, 9.17) is 4.52 Å². The number of carbonyl (C=O) groups excluding carboxylic acids is 3. The molecule has 0 saturated carbocycles. The molecule has 4 rings (SSSR count). The van der Waals surface area contributed by atoms with Crippen molar-refractivity contribution in [1.82, 2.24) is 19.9 Å². The molecule has 0 atom stereocenters. The van der Waals surface area contributed by atoms with Crippen molar-refractivity contribution in [2.45, 2.75) is 45.2 Å². The Morgan fingerprint density at radius 2 is 1.87 bits per heavy atom. The van der Waals surface area contributed by atoms with Crippen LogP contribution in [0.4, 0.5) is 4.79 Å². The van der Waals surface area contributed by atoms with Crippen molar-refractivity contribution < 1.29 is 18.9 Å². The molecule has 0 unspecified atom stereocenters. The molecule has 3 heterocycles. The zero-order valence-corrected chi connectivity index (χ0v) is 17.3. The summed E-state index contributed by atoms with van der Waals surface area (Å²) in [5, 5.41) is 3.81. The summed E-state index contributed by atoms with van der Waals surface area (Å²) in [4.78, 5) is 44.0. The zero-order chi connectivity index (χ0) is 21.3. The molecular formula is C22H26N4O4. The van der Waals surface area contributed by atoms with E-state index in [1.54, 1.807) is 22.8 Å². The first-order valence-electron chi connectivity index (χ1n) is 10.4. The van der Waals surface area contributed by atoms with Crippen LogP contribution in [0.5, 0.6) is 0 Å². The molecule has 1 spiro atoms. The Morgan fingerprint density at radius 3 is 2.47 bits per heavy atom. The Balaban J connectivity index is 1.57. The number of rotatable bonds is 5. The maximum atomic E-state index is 13.4. The quantitative estimate of drug-likeness (QED) is 0.708. The van der Waals surface area contributed by atoms with Gasteiger partial charge in [0.25, 0.3) is 11.8 Å². The molecule has 0 N–H and O–H groups in total. The Kier molecular flexibility index (Phi) is 5.32. The minimum Gasteiger partial charge on any atom is -0.361 e. The molecule has 158 valence electrons. The molecule has 1 aromatic carbocycles. The van der Waals surface area contributed by atoms with Gasteiger partial charge in [-0.2, -0.15) is 0 Å². The lowest BCUT2D eigenvalue weighted by atomic mass is 9.85. The van der Waals surface area contributed by atoms with Crippen molar-refractivity contribution in [2.75, 3.05) is 19.6 Å². The third-order valence-corrected chi connectivity index (χ3v) is 5.98. The molecule has 2 fully saturated rings. The van der Waals surface area contributed by atoms with Gasteiger partial charge < -0.3 is 14.3 Å². The van der Waals surface area contributed by atoms with Crippen molar-refractivity contribution in [2.24, 2.45) is 0 Å². The van der Waals surface area contributed by atoms with Crippen molar-refractivity contribution in [3.8, 4) is 0 Å². The second kappa shape index (κ2) is 7.93. The fourth-order valence-electron chi connectivity index (χ4n) is 4.38. The van der Waals surface area contributed by atoms with Gasteiger partial charge in [0.1, 0.15) is 11.3 Å². The Bertz CT molecular complexity index is 947. The molecule has 8 nitrogen and oxygen atoms in total. The average molecular weight is 410 g/mol. The van der Waals surface area contributed by atoms with Gasteiger partial charge in [-0.05, 0) is 31.7 Å². The van der Waals surface area contributed by atoms with Crippen molar-refractivity contribution in [3.05, 3.63) is 53.4 Å². The van der Waals surface area contributed by atoms with Gasteiger partial charge >= 0.3 is 6.03 Å². The van der Waals surface area contributed by atoms with Gasteiger partial charge in [0.2, 0.25) is 0 Å². The van der Waals surface area contributed by atoms with Crippen LogP contribution < -0.4 is 0 Å². The first kappa shape index (κ1) is 20.1. The predicted octanol–water partition coefficient (Wildman–Crippen LogP) is 2.83. The Hall–Kier alpha value is -3.16. The van der Waals surface area contributed by atoms with E-state index in [1.807, 2.05) is 37.3 Å². The lowest BCUT2D eigenvalue weighted by Crippen LogP contribution is -2.57. The van der Waals surface area contributed by atoms with Crippen LogP contribution >= 0.6 is 0 Å². The summed E-state index contributed by atoms with van der Waals surface area (Å²) in [7, 11) is 0. The van der Waals surface area contributed by atoms with Gasteiger partial charge in [-0.1, -0.05) is 42.4 Å². The number of amides is 4. The molecular weight excluding hydrogens is 384 g/mol. The number of urea groups is 1. The second-order valence-electron chi connectivity index (χ2n) is 7.96. The van der Waals surface area contributed by atoms with Gasteiger partial charge in [0.05, 0.1) is 0 Å². The number of hydrogen-bond donors (Lipinski definition) is 0. The summed E-state index contributed by atoms with van der Waals surface area (Å²) in [6.45, 7) is 5.24. The fraction of sp³-hybridized carbons (Fsp3) is 0.455. The molecule has 0 aliphatic carbocycles. The van der Waals surface area contributed by atoms with E-state index < -0.39 is 5.54 Å². The summed E-state index contributed by atoms with van der Waals surface area (Å²) in [6, 6.07) is 11.1. The van der Waals surface area contributed by atoms with Gasteiger partial charge in [0.15, 0.2) is 5.69 Å². The lowest BCUT2D eigenvalue weighted by molar-refractivity contribution is -0.135. The fourth-order valence-corrected chi connectivity index (χ4v) is 4.38. The van der Waals surface area contributed by atoms with E-state index >= 15 is 0 Å². The van der Waals surface area contributed by atoms with Crippen molar-refractivity contribution >= 4 is 17.8 Å². The summed E-state index contributed by atoms with van der Waals surface area (Å²) in [5.74, 6) is 0.223. The average Bonchev–Trinajstić information content (AvgIpc) is 3.27. The van der Waals surface area contributed by atoms with Gasteiger partial charge in [0, 0.05) is 32.2 Å². The number of aryl methyl sites for hydroxylation is 1. The minimum atomic E-state index is -0.904. The first-order valence-corrected chi connectivity index (χ1v) is 10.4. The highest BCUT2D eigenvalue weighted by Gasteiger charge is 2.57. The van der Waals surface area contributed by atoms with E-state index in [2.05, 4.69) is 5.16 Å². The number of likely N-dealkylation sites (tertiary alicyclic amines) is 1. The third kappa shape index (κ3) is 3.36. The van der Waals surface area contributed by atoms with Gasteiger partial charge in [-0.15, -0.1) is 0 Å². The monoisotopic (exact) mass is 410 g/mol. The molecule has 0 radical (unpaired) electrons. The number of benzene rings is 1. The number of imide groups is 1. The molecule has 30 heavy (non-hydrogen) atoms. The maximum absolute atomic E-state index is 13.4. The van der Waals surface area contributed by atoms with Crippen LogP contribution in [0, 0.1) is 6.92 Å². The topological polar surface area (TPSA) is 87.0 Å². The molecule has 1 aromatic heterocycles. The van der Waals surface area contributed by atoms with Crippen molar-refractivity contribution in [1.29, 1.82) is 0 Å². The Labute approximate surface area is 175 Å². The number of hydrogen-bond acceptors (Lipinski definition) is 5. The number of nitrogens with zero attached hydrogens (tertiary/aromatic N) is 4. The van der Waals surface area contributed by atoms with Crippen LogP contribution in [-0.2, 0) is 11.3 Å². The Morgan fingerprint density at radius 1 is 1.17 bits per heavy atom. The smallest absolute Gasteiger partial charge is 0.327 e. The van der Waals surface area contributed by atoms with E-state index in [1.165, 1.54) is 4.90 Å². The highest BCUT2D eigenvalue weighted by atomic mass is 16.5. The molecule has 4 amide bonds. The van der Waals surface area contributed by atoms with Crippen LogP contribution in [0.3, 0.4) is 0 Å². The number of piperidine rings is 1. The molecule has 2 aliphatic rings. The largest absolute Gasteiger partial charge is 0.361 e. The van der Waals surface area contributed by atoms with E-state index in [0.29, 0.717) is 51.2 Å². The van der Waals surface area contributed by atoms with Crippen LogP contribution in [0.15, 0.2) is 40.9 Å². The van der Waals surface area contributed by atoms with Crippen LogP contribution in [-0.4, -0.2) is 62.9 Å². The molecule has 8 heteroatoms. The molecule has 2 aromatic rings. The normalized spacial score (nSPS) is 18.5. The summed E-state index contributed by atoms with van der Waals surface area (Å²) in [6.07, 6.45) is 1.53. The van der Waals surface area contributed by atoms with Gasteiger partial charge in [-0.25, -0.2) is 4.79 Å². The molecule has 0 bridgehead atoms. The minimum absolute atomic E-state index is 0.144. The summed E-state index contributed by atoms with van der Waals surface area (Å²) < 4.78 is 5.01. The van der Waals surface area contributed by atoms with E-state index in [0.717, 1.165) is 5.56 Å². The SMILES string of the molecule is CCCN1C(=O)N(Cc2ccccc2)C2(CCN(C(=O)c3cc(C)on3)CC2)C1=O. The van der Waals surface area contributed by atoms with Gasteiger partial charge in [-0.3, -0.25) is 14.5 Å². The van der Waals surface area contributed by atoms with Crippen LogP contribution in [0.2, 0.25) is 0 Å². The van der Waals surface area contributed by atoms with E-state index in [9.17, 15) is 14.4 Å². The lowest BCUT2D eigenvalue weighted by Gasteiger charge is -2.42. The van der Waals surface area contributed by atoms with Crippen LogP contribution in [0.25, 0.3) is 0 Å². The number of carbonyl (C=O) groups is 3. The van der Waals surface area contributed by atoms with E-state index in [-0.39, 0.29) is 23.5 Å². The van der Waals surface area contributed by atoms with Crippen LogP contribution in [0.1, 0.15) is 48.0 Å². The summed E-state index contributed by atoms with van der Waals surface area (Å²) >= 11 is 0. The molecule has 2 saturated heterocycles. The zero-order valence-electron chi connectivity index (χ0n) is 17.3. The predicted molar refractivity (Wildman–Crippen MR) is 108 cm³/mol. The maximum Gasteiger partial charge on any atom is 0.327 e.